The van der Waals surface area contributed by atoms with Crippen LogP contribution in [-0.2, 0) is 16.3 Å². The van der Waals surface area contributed by atoms with Crippen LogP contribution in [0.2, 0.25) is 0 Å². The summed E-state index contributed by atoms with van der Waals surface area (Å²) in [4.78, 5) is 23.0. The number of carboxylic acid groups (broad SMARTS) is 1. The smallest absolute Gasteiger partial charge is 0.407 e. The summed E-state index contributed by atoms with van der Waals surface area (Å²) >= 11 is 0. The molecule has 29 heavy (non-hydrogen) atoms. The maximum absolute atomic E-state index is 11.6. The number of rotatable bonds is 4. The van der Waals surface area contributed by atoms with Crippen molar-refractivity contribution in [2.24, 2.45) is 0 Å². The minimum absolute atomic E-state index is 0.0172. The summed E-state index contributed by atoms with van der Waals surface area (Å²) in [5, 5.41) is 9.07. The number of nitrogens with zero attached hydrogens (tertiary/aromatic N) is 4. The average molecular weight is 418 g/mol. The van der Waals surface area contributed by atoms with E-state index >= 15 is 0 Å². The molecule has 0 aliphatic carbocycles. The summed E-state index contributed by atoms with van der Waals surface area (Å²) in [5.74, 6) is 1.24. The van der Waals surface area contributed by atoms with Gasteiger partial charge in [-0.15, -0.1) is 0 Å². The zero-order valence-electron chi connectivity index (χ0n) is 16.0. The number of likely N-dealkylation sites (tertiary alicyclic amines) is 1. The maximum atomic E-state index is 11.6. The van der Waals surface area contributed by atoms with E-state index in [1.54, 1.807) is 0 Å². The summed E-state index contributed by atoms with van der Waals surface area (Å²) in [5.41, 5.74) is 2.00. The van der Waals surface area contributed by atoms with E-state index in [4.69, 9.17) is 9.84 Å². The molecule has 0 saturated carbocycles. The fourth-order valence-corrected chi connectivity index (χ4v) is 4.19. The SMILES string of the molecule is CS(=O)(=O)c1cnc(N2CCc3c(OC4CCN(C(=O)O)CC4)cccc32)nc1. The number of fused-ring (bicyclic) bond motifs is 1. The van der Waals surface area contributed by atoms with Crippen molar-refractivity contribution in [2.45, 2.75) is 30.3 Å². The first kappa shape index (κ1) is 19.4. The molecule has 1 amide bonds. The second-order valence-corrected chi connectivity index (χ2v) is 9.25. The number of ether oxygens (including phenoxy) is 1. The van der Waals surface area contributed by atoms with Gasteiger partial charge in [-0.1, -0.05) is 6.07 Å². The zero-order chi connectivity index (χ0) is 20.6. The van der Waals surface area contributed by atoms with Crippen molar-refractivity contribution in [3.8, 4) is 5.75 Å². The lowest BCUT2D eigenvalue weighted by Crippen LogP contribution is -2.41. The molecule has 0 atom stereocenters. The van der Waals surface area contributed by atoms with Crippen LogP contribution in [0.5, 0.6) is 5.75 Å². The molecule has 4 rings (SSSR count). The fourth-order valence-electron chi connectivity index (χ4n) is 3.71. The molecule has 0 radical (unpaired) electrons. The van der Waals surface area contributed by atoms with E-state index in [0.717, 1.165) is 29.7 Å². The molecule has 2 aliphatic heterocycles. The largest absolute Gasteiger partial charge is 0.490 e. The molecule has 3 heterocycles. The Morgan fingerprint density at radius 3 is 2.48 bits per heavy atom. The summed E-state index contributed by atoms with van der Waals surface area (Å²) < 4.78 is 29.4. The lowest BCUT2D eigenvalue weighted by Gasteiger charge is -2.30. The second kappa shape index (κ2) is 7.51. The molecule has 1 aromatic heterocycles. The van der Waals surface area contributed by atoms with Crippen molar-refractivity contribution < 1.29 is 23.1 Å². The van der Waals surface area contributed by atoms with Crippen LogP contribution in [0.4, 0.5) is 16.4 Å². The van der Waals surface area contributed by atoms with Gasteiger partial charge in [0.25, 0.3) is 0 Å². The number of carbonyl (C=O) groups is 1. The van der Waals surface area contributed by atoms with Crippen molar-refractivity contribution in [3.63, 3.8) is 0 Å². The average Bonchev–Trinajstić information content (AvgIpc) is 3.13. The van der Waals surface area contributed by atoms with Gasteiger partial charge in [-0.2, -0.15) is 0 Å². The molecule has 1 N–H and O–H groups in total. The summed E-state index contributed by atoms with van der Waals surface area (Å²) in [6.45, 7) is 1.62. The second-order valence-electron chi connectivity index (χ2n) is 7.23. The molecule has 0 bridgehead atoms. The Morgan fingerprint density at radius 2 is 1.86 bits per heavy atom. The molecular formula is C19H22N4O5S. The standard InChI is InChI=1S/C19H22N4O5S/c1-29(26,27)14-11-20-18(21-12-14)23-10-7-15-16(23)3-2-4-17(15)28-13-5-8-22(9-6-13)19(24)25/h2-4,11-13H,5-10H2,1H3,(H,24,25). The van der Waals surface area contributed by atoms with Crippen LogP contribution in [0.25, 0.3) is 0 Å². The third kappa shape index (κ3) is 3.98. The topological polar surface area (TPSA) is 113 Å². The molecule has 0 unspecified atom stereocenters. The van der Waals surface area contributed by atoms with Gasteiger partial charge in [-0.05, 0) is 18.6 Å². The summed E-state index contributed by atoms with van der Waals surface area (Å²) in [6, 6.07) is 5.80. The van der Waals surface area contributed by atoms with Crippen molar-refractivity contribution in [2.75, 3.05) is 30.8 Å². The van der Waals surface area contributed by atoms with E-state index in [0.29, 0.717) is 38.4 Å². The Balaban J connectivity index is 1.51. The lowest BCUT2D eigenvalue weighted by molar-refractivity contribution is 0.0891. The van der Waals surface area contributed by atoms with Crippen LogP contribution in [0.3, 0.4) is 0 Å². The van der Waals surface area contributed by atoms with Gasteiger partial charge in [-0.25, -0.2) is 23.2 Å². The Hall–Kier alpha value is -2.88. The van der Waals surface area contributed by atoms with Crippen LogP contribution >= 0.6 is 0 Å². The molecule has 10 heteroatoms. The van der Waals surface area contributed by atoms with Gasteiger partial charge in [0.15, 0.2) is 9.84 Å². The van der Waals surface area contributed by atoms with E-state index in [9.17, 15) is 13.2 Å². The minimum atomic E-state index is -3.34. The van der Waals surface area contributed by atoms with Crippen molar-refractivity contribution in [1.29, 1.82) is 0 Å². The van der Waals surface area contributed by atoms with Crippen LogP contribution in [0.15, 0.2) is 35.5 Å². The molecule has 1 saturated heterocycles. The number of aromatic nitrogens is 2. The highest BCUT2D eigenvalue weighted by atomic mass is 32.2. The minimum Gasteiger partial charge on any atom is -0.490 e. The van der Waals surface area contributed by atoms with Gasteiger partial charge in [0.1, 0.15) is 16.7 Å². The van der Waals surface area contributed by atoms with Gasteiger partial charge >= 0.3 is 6.09 Å². The highest BCUT2D eigenvalue weighted by molar-refractivity contribution is 7.90. The first-order valence-electron chi connectivity index (χ1n) is 9.39. The third-order valence-electron chi connectivity index (χ3n) is 5.27. The van der Waals surface area contributed by atoms with Gasteiger partial charge in [-0.3, -0.25) is 0 Å². The predicted molar refractivity (Wildman–Crippen MR) is 106 cm³/mol. The highest BCUT2D eigenvalue weighted by Crippen LogP contribution is 2.39. The normalized spacial score (nSPS) is 17.3. The van der Waals surface area contributed by atoms with E-state index in [1.807, 2.05) is 23.1 Å². The summed E-state index contributed by atoms with van der Waals surface area (Å²) in [6.07, 6.45) is 4.96. The zero-order valence-corrected chi connectivity index (χ0v) is 16.8. The monoisotopic (exact) mass is 418 g/mol. The molecule has 1 fully saturated rings. The first-order chi connectivity index (χ1) is 13.8. The Morgan fingerprint density at radius 1 is 1.17 bits per heavy atom. The number of hydrogen-bond acceptors (Lipinski definition) is 7. The Labute approximate surface area is 168 Å². The van der Waals surface area contributed by atoms with Crippen LogP contribution in [-0.4, -0.2) is 66.5 Å². The van der Waals surface area contributed by atoms with Crippen LogP contribution < -0.4 is 9.64 Å². The van der Waals surface area contributed by atoms with E-state index < -0.39 is 15.9 Å². The van der Waals surface area contributed by atoms with E-state index in [1.165, 1.54) is 17.3 Å². The number of anilines is 2. The van der Waals surface area contributed by atoms with E-state index in [-0.39, 0.29) is 11.0 Å². The molecule has 9 nitrogen and oxygen atoms in total. The fraction of sp³-hybridized carbons (Fsp3) is 0.421. The predicted octanol–water partition coefficient (Wildman–Crippen LogP) is 2.10. The van der Waals surface area contributed by atoms with Gasteiger partial charge in [0.05, 0.1) is 18.1 Å². The molecule has 1 aromatic carbocycles. The third-order valence-corrected chi connectivity index (χ3v) is 6.34. The Kier molecular flexibility index (Phi) is 5.03. The van der Waals surface area contributed by atoms with Crippen molar-refractivity contribution >= 4 is 27.6 Å². The van der Waals surface area contributed by atoms with Crippen LogP contribution in [0.1, 0.15) is 18.4 Å². The molecule has 154 valence electrons. The van der Waals surface area contributed by atoms with Crippen LogP contribution in [0, 0.1) is 0 Å². The maximum Gasteiger partial charge on any atom is 0.407 e. The van der Waals surface area contributed by atoms with Crippen molar-refractivity contribution in [3.05, 3.63) is 36.2 Å². The molecule has 2 aromatic rings. The number of amides is 1. The lowest BCUT2D eigenvalue weighted by atomic mass is 10.1. The molecule has 0 spiro atoms. The highest BCUT2D eigenvalue weighted by Gasteiger charge is 2.28. The Bertz CT molecular complexity index is 1020. The number of piperidine rings is 1. The van der Waals surface area contributed by atoms with E-state index in [2.05, 4.69) is 9.97 Å². The number of hydrogen-bond donors (Lipinski definition) is 1. The number of sulfone groups is 1. The van der Waals surface area contributed by atoms with Crippen molar-refractivity contribution in [1.82, 2.24) is 14.9 Å². The quantitative estimate of drug-likeness (QED) is 0.803. The van der Waals surface area contributed by atoms with Gasteiger partial charge in [0, 0.05) is 44.3 Å². The molecule has 2 aliphatic rings. The molecular weight excluding hydrogens is 396 g/mol. The van der Waals surface area contributed by atoms with Gasteiger partial charge < -0.3 is 19.6 Å². The van der Waals surface area contributed by atoms with Gasteiger partial charge in [0.2, 0.25) is 5.95 Å². The summed E-state index contributed by atoms with van der Waals surface area (Å²) in [7, 11) is -3.34. The number of benzene rings is 1. The first-order valence-corrected chi connectivity index (χ1v) is 11.3.